The molecule has 0 amide bonds. The molecule has 23 heavy (non-hydrogen) atoms. The van der Waals surface area contributed by atoms with Gasteiger partial charge in [-0.2, -0.15) is 4.98 Å². The molecule has 1 aromatic carbocycles. The largest absolute Gasteiger partial charge is 0.381 e. The smallest absolute Gasteiger partial charge is 0.226 e. The summed E-state index contributed by atoms with van der Waals surface area (Å²) in [6, 6.07) is 8.94. The molecule has 0 N–H and O–H groups in total. The van der Waals surface area contributed by atoms with Crippen molar-refractivity contribution in [3.8, 4) is 0 Å². The van der Waals surface area contributed by atoms with Gasteiger partial charge in [0.2, 0.25) is 5.89 Å². The standard InChI is InChI=1S/C19H26N2O2/c1-19(2,3)16-9-7-14(8-10-16)5-4-6-17-20-18(21-23-17)15-11-12-22-13-15/h7-10,15H,4-6,11-13H2,1-3H3/t15-/m1/s1. The summed E-state index contributed by atoms with van der Waals surface area (Å²) >= 11 is 0. The third-order valence-electron chi connectivity index (χ3n) is 4.45. The van der Waals surface area contributed by atoms with E-state index in [2.05, 4.69) is 55.2 Å². The molecule has 1 aliphatic rings. The number of hydrogen-bond acceptors (Lipinski definition) is 4. The first kappa shape index (κ1) is 16.2. The highest BCUT2D eigenvalue weighted by molar-refractivity contribution is 5.27. The van der Waals surface area contributed by atoms with Crippen LogP contribution >= 0.6 is 0 Å². The maximum absolute atomic E-state index is 5.37. The van der Waals surface area contributed by atoms with Crippen molar-refractivity contribution in [3.63, 3.8) is 0 Å². The summed E-state index contributed by atoms with van der Waals surface area (Å²) in [6.07, 6.45) is 3.90. The lowest BCUT2D eigenvalue weighted by Gasteiger charge is -2.19. The van der Waals surface area contributed by atoms with E-state index in [9.17, 15) is 0 Å². The molecule has 0 aliphatic carbocycles. The van der Waals surface area contributed by atoms with Crippen LogP contribution in [0.25, 0.3) is 0 Å². The van der Waals surface area contributed by atoms with Crippen molar-refractivity contribution in [1.29, 1.82) is 0 Å². The van der Waals surface area contributed by atoms with E-state index in [0.717, 1.165) is 50.6 Å². The van der Waals surface area contributed by atoms with Gasteiger partial charge in [0, 0.05) is 18.9 Å². The molecule has 1 atom stereocenters. The summed E-state index contributed by atoms with van der Waals surface area (Å²) in [4.78, 5) is 4.51. The number of rotatable bonds is 5. The summed E-state index contributed by atoms with van der Waals surface area (Å²) < 4.78 is 10.7. The first-order valence-corrected chi connectivity index (χ1v) is 8.52. The summed E-state index contributed by atoms with van der Waals surface area (Å²) in [6.45, 7) is 8.25. The Labute approximate surface area is 138 Å². The summed E-state index contributed by atoms with van der Waals surface area (Å²) in [5.74, 6) is 1.88. The number of aryl methyl sites for hydroxylation is 2. The molecule has 1 aromatic heterocycles. The molecule has 4 heteroatoms. The van der Waals surface area contributed by atoms with Crippen molar-refractivity contribution in [3.05, 3.63) is 47.1 Å². The van der Waals surface area contributed by atoms with Crippen LogP contribution < -0.4 is 0 Å². The van der Waals surface area contributed by atoms with Crippen LogP contribution in [0.15, 0.2) is 28.8 Å². The minimum absolute atomic E-state index is 0.211. The molecule has 2 aromatic rings. The topological polar surface area (TPSA) is 48.2 Å². The Morgan fingerprint density at radius 2 is 1.91 bits per heavy atom. The molecule has 124 valence electrons. The second kappa shape index (κ2) is 6.83. The molecule has 0 unspecified atom stereocenters. The summed E-state index contributed by atoms with van der Waals surface area (Å²) in [7, 11) is 0. The van der Waals surface area contributed by atoms with Crippen LogP contribution in [0.3, 0.4) is 0 Å². The van der Waals surface area contributed by atoms with Crippen molar-refractivity contribution in [2.75, 3.05) is 13.2 Å². The van der Waals surface area contributed by atoms with E-state index in [0.29, 0.717) is 5.92 Å². The van der Waals surface area contributed by atoms with Gasteiger partial charge in [0.15, 0.2) is 5.82 Å². The van der Waals surface area contributed by atoms with Crippen LogP contribution in [0.1, 0.15) is 62.4 Å². The zero-order valence-electron chi connectivity index (χ0n) is 14.3. The fourth-order valence-electron chi connectivity index (χ4n) is 2.89. The zero-order chi connectivity index (χ0) is 16.3. The van der Waals surface area contributed by atoms with E-state index in [-0.39, 0.29) is 5.41 Å². The Balaban J connectivity index is 1.49. The molecule has 0 saturated carbocycles. The lowest BCUT2D eigenvalue weighted by molar-refractivity contribution is 0.192. The van der Waals surface area contributed by atoms with Gasteiger partial charge in [0.1, 0.15) is 0 Å². The van der Waals surface area contributed by atoms with Crippen molar-refractivity contribution >= 4 is 0 Å². The third kappa shape index (κ3) is 4.20. The molecule has 0 bridgehead atoms. The average Bonchev–Trinajstić information content (AvgIpc) is 3.18. The van der Waals surface area contributed by atoms with Crippen LogP contribution in [0.5, 0.6) is 0 Å². The van der Waals surface area contributed by atoms with Gasteiger partial charge in [-0.1, -0.05) is 50.2 Å². The molecule has 2 heterocycles. The van der Waals surface area contributed by atoms with Gasteiger partial charge in [-0.05, 0) is 35.8 Å². The molecule has 0 spiro atoms. The van der Waals surface area contributed by atoms with Gasteiger partial charge in [-0.25, -0.2) is 0 Å². The monoisotopic (exact) mass is 314 g/mol. The summed E-state index contributed by atoms with van der Waals surface area (Å²) in [5.41, 5.74) is 2.95. The van der Waals surface area contributed by atoms with Gasteiger partial charge >= 0.3 is 0 Å². The molecule has 3 rings (SSSR count). The second-order valence-corrected chi connectivity index (χ2v) is 7.41. The van der Waals surface area contributed by atoms with Crippen LogP contribution in [-0.2, 0) is 23.0 Å². The highest BCUT2D eigenvalue weighted by Crippen LogP contribution is 2.24. The number of hydrogen-bond donors (Lipinski definition) is 0. The number of benzene rings is 1. The quantitative estimate of drug-likeness (QED) is 0.835. The lowest BCUT2D eigenvalue weighted by atomic mass is 9.86. The van der Waals surface area contributed by atoms with E-state index in [1.165, 1.54) is 11.1 Å². The molecule has 0 radical (unpaired) electrons. The van der Waals surface area contributed by atoms with Crippen molar-refractivity contribution in [2.24, 2.45) is 0 Å². The third-order valence-corrected chi connectivity index (χ3v) is 4.45. The Morgan fingerprint density at radius 3 is 2.57 bits per heavy atom. The highest BCUT2D eigenvalue weighted by atomic mass is 16.5. The van der Waals surface area contributed by atoms with Crippen molar-refractivity contribution < 1.29 is 9.26 Å². The molecule has 4 nitrogen and oxygen atoms in total. The van der Waals surface area contributed by atoms with Crippen LogP contribution in [0, 0.1) is 0 Å². The minimum atomic E-state index is 0.211. The molecule has 1 fully saturated rings. The van der Waals surface area contributed by atoms with Crippen LogP contribution in [0.4, 0.5) is 0 Å². The fourth-order valence-corrected chi connectivity index (χ4v) is 2.89. The van der Waals surface area contributed by atoms with E-state index in [4.69, 9.17) is 9.26 Å². The number of aromatic nitrogens is 2. The maximum atomic E-state index is 5.37. The van der Waals surface area contributed by atoms with E-state index in [1.54, 1.807) is 0 Å². The average molecular weight is 314 g/mol. The van der Waals surface area contributed by atoms with E-state index >= 15 is 0 Å². The molecule has 1 saturated heterocycles. The van der Waals surface area contributed by atoms with Crippen LogP contribution in [-0.4, -0.2) is 23.4 Å². The first-order chi connectivity index (χ1) is 11.0. The van der Waals surface area contributed by atoms with Crippen molar-refractivity contribution in [2.45, 2.75) is 57.8 Å². The molecule has 1 aliphatic heterocycles. The fraction of sp³-hybridized carbons (Fsp3) is 0.579. The molecular formula is C19H26N2O2. The minimum Gasteiger partial charge on any atom is -0.381 e. The molecular weight excluding hydrogens is 288 g/mol. The van der Waals surface area contributed by atoms with Crippen LogP contribution in [0.2, 0.25) is 0 Å². The lowest BCUT2D eigenvalue weighted by Crippen LogP contribution is -2.10. The summed E-state index contributed by atoms with van der Waals surface area (Å²) in [5, 5.41) is 4.10. The maximum Gasteiger partial charge on any atom is 0.226 e. The van der Waals surface area contributed by atoms with E-state index < -0.39 is 0 Å². The van der Waals surface area contributed by atoms with E-state index in [1.807, 2.05) is 0 Å². The Morgan fingerprint density at radius 1 is 1.13 bits per heavy atom. The second-order valence-electron chi connectivity index (χ2n) is 7.41. The highest BCUT2D eigenvalue weighted by Gasteiger charge is 2.22. The van der Waals surface area contributed by atoms with Gasteiger partial charge in [-0.3, -0.25) is 0 Å². The van der Waals surface area contributed by atoms with Gasteiger partial charge < -0.3 is 9.26 Å². The predicted octanol–water partition coefficient (Wildman–Crippen LogP) is 4.05. The Kier molecular flexibility index (Phi) is 4.81. The number of ether oxygens (including phenoxy) is 1. The SMILES string of the molecule is CC(C)(C)c1ccc(CCCc2nc([C@@H]3CCOC3)no2)cc1. The van der Waals surface area contributed by atoms with Gasteiger partial charge in [0.25, 0.3) is 0 Å². The normalized spacial score (nSPS) is 18.5. The van der Waals surface area contributed by atoms with Crippen molar-refractivity contribution in [1.82, 2.24) is 10.1 Å². The van der Waals surface area contributed by atoms with Gasteiger partial charge in [-0.15, -0.1) is 0 Å². The van der Waals surface area contributed by atoms with Gasteiger partial charge in [0.05, 0.1) is 6.61 Å². The zero-order valence-corrected chi connectivity index (χ0v) is 14.3. The Hall–Kier alpha value is -1.68. The first-order valence-electron chi connectivity index (χ1n) is 8.52. The predicted molar refractivity (Wildman–Crippen MR) is 89.6 cm³/mol. The Bertz CT molecular complexity index is 620. The number of nitrogens with zero attached hydrogens (tertiary/aromatic N) is 2.